The number of hydrogen-bond donors (Lipinski definition) is 2. The van der Waals surface area contributed by atoms with Crippen molar-refractivity contribution >= 4 is 29.5 Å². The molecule has 1 aliphatic heterocycles. The van der Waals surface area contributed by atoms with Crippen molar-refractivity contribution in [2.24, 2.45) is 0 Å². The third-order valence-corrected chi connectivity index (χ3v) is 4.12. The van der Waals surface area contributed by atoms with E-state index in [0.29, 0.717) is 17.2 Å². The zero-order valence-electron chi connectivity index (χ0n) is 11.3. The number of thioether (sulfide) groups is 1. The summed E-state index contributed by atoms with van der Waals surface area (Å²) >= 11 is 1.51. The van der Waals surface area contributed by atoms with E-state index in [4.69, 9.17) is 5.11 Å². The highest BCUT2D eigenvalue weighted by molar-refractivity contribution is 7.99. The predicted octanol–water partition coefficient (Wildman–Crippen LogP) is 0.793. The van der Waals surface area contributed by atoms with Crippen LogP contribution in [0.15, 0.2) is 30.3 Å². The fourth-order valence-electron chi connectivity index (χ4n) is 2.02. The van der Waals surface area contributed by atoms with Crippen LogP contribution in [0.3, 0.4) is 0 Å². The molecule has 0 bridgehead atoms. The number of aliphatic carboxylic acids is 1. The van der Waals surface area contributed by atoms with Crippen molar-refractivity contribution in [3.63, 3.8) is 0 Å². The predicted molar refractivity (Wildman–Crippen MR) is 79.0 cm³/mol. The van der Waals surface area contributed by atoms with Crippen LogP contribution in [0.25, 0.3) is 0 Å². The lowest BCUT2D eigenvalue weighted by molar-refractivity contribution is -0.137. The van der Waals surface area contributed by atoms with Crippen molar-refractivity contribution in [3.8, 4) is 0 Å². The molecule has 0 radical (unpaired) electrons. The summed E-state index contributed by atoms with van der Waals surface area (Å²) < 4.78 is 0. The molecule has 6 nitrogen and oxygen atoms in total. The van der Waals surface area contributed by atoms with Gasteiger partial charge in [0.2, 0.25) is 5.91 Å². The number of carbonyl (C=O) groups is 3. The van der Waals surface area contributed by atoms with E-state index in [0.717, 1.165) is 0 Å². The Balaban J connectivity index is 1.98. The van der Waals surface area contributed by atoms with E-state index in [1.54, 1.807) is 24.3 Å². The normalized spacial score (nSPS) is 17.5. The lowest BCUT2D eigenvalue weighted by Crippen LogP contribution is -2.47. The van der Waals surface area contributed by atoms with Gasteiger partial charge in [-0.1, -0.05) is 18.2 Å². The number of carbonyl (C=O) groups excluding carboxylic acids is 2. The van der Waals surface area contributed by atoms with E-state index < -0.39 is 12.0 Å². The Morgan fingerprint density at radius 2 is 2.00 bits per heavy atom. The molecule has 1 aliphatic rings. The molecular formula is C14H16N2O4S. The lowest BCUT2D eigenvalue weighted by atomic mass is 10.1. The van der Waals surface area contributed by atoms with E-state index in [1.165, 1.54) is 16.7 Å². The van der Waals surface area contributed by atoms with Crippen molar-refractivity contribution in [3.05, 3.63) is 35.9 Å². The van der Waals surface area contributed by atoms with Crippen molar-refractivity contribution < 1.29 is 19.5 Å². The summed E-state index contributed by atoms with van der Waals surface area (Å²) in [6, 6.07) is 8.26. The van der Waals surface area contributed by atoms with Crippen molar-refractivity contribution in [1.29, 1.82) is 0 Å². The van der Waals surface area contributed by atoms with Crippen LogP contribution in [0.4, 0.5) is 0 Å². The standard InChI is InChI=1S/C14H16N2O4S/c17-12(18)6-7-15-13(19)11-8-21-9-16(11)14(20)10-4-2-1-3-5-10/h1-5,11H,6-9H2,(H,15,19)(H,17,18). The third-order valence-electron chi connectivity index (χ3n) is 3.10. The van der Waals surface area contributed by atoms with Crippen LogP contribution >= 0.6 is 11.8 Å². The molecule has 0 saturated carbocycles. The summed E-state index contributed by atoms with van der Waals surface area (Å²) in [5.74, 6) is -0.458. The van der Waals surface area contributed by atoms with Crippen LogP contribution in [-0.4, -0.2) is 52.0 Å². The Kier molecular flexibility index (Phi) is 5.21. The van der Waals surface area contributed by atoms with Crippen LogP contribution in [0.1, 0.15) is 16.8 Å². The van der Waals surface area contributed by atoms with Gasteiger partial charge in [-0.15, -0.1) is 11.8 Å². The fraction of sp³-hybridized carbons (Fsp3) is 0.357. The minimum Gasteiger partial charge on any atom is -0.481 e. The Morgan fingerprint density at radius 3 is 2.67 bits per heavy atom. The molecular weight excluding hydrogens is 292 g/mol. The molecule has 7 heteroatoms. The molecule has 1 fully saturated rings. The quantitative estimate of drug-likeness (QED) is 0.840. The summed E-state index contributed by atoms with van der Waals surface area (Å²) in [4.78, 5) is 36.4. The van der Waals surface area contributed by atoms with Crippen LogP contribution in [0, 0.1) is 0 Å². The Morgan fingerprint density at radius 1 is 1.29 bits per heavy atom. The molecule has 2 rings (SSSR count). The molecule has 2 amide bonds. The number of benzene rings is 1. The third kappa shape index (κ3) is 3.98. The molecule has 1 saturated heterocycles. The SMILES string of the molecule is O=C(O)CCNC(=O)C1CSCN1C(=O)c1ccccc1. The summed E-state index contributed by atoms with van der Waals surface area (Å²) in [7, 11) is 0. The summed E-state index contributed by atoms with van der Waals surface area (Å²) in [6.07, 6.45) is -0.127. The molecule has 112 valence electrons. The maximum atomic E-state index is 12.4. The molecule has 1 atom stereocenters. The van der Waals surface area contributed by atoms with E-state index in [9.17, 15) is 14.4 Å². The molecule has 21 heavy (non-hydrogen) atoms. The minimum atomic E-state index is -0.965. The summed E-state index contributed by atoms with van der Waals surface area (Å²) in [6.45, 7) is 0.0721. The topological polar surface area (TPSA) is 86.7 Å². The van der Waals surface area contributed by atoms with Gasteiger partial charge in [0.15, 0.2) is 0 Å². The van der Waals surface area contributed by atoms with Crippen LogP contribution in [-0.2, 0) is 9.59 Å². The molecule has 2 N–H and O–H groups in total. The van der Waals surface area contributed by atoms with Gasteiger partial charge in [-0.3, -0.25) is 14.4 Å². The van der Waals surface area contributed by atoms with E-state index in [-0.39, 0.29) is 24.8 Å². The van der Waals surface area contributed by atoms with Gasteiger partial charge in [-0.05, 0) is 12.1 Å². The highest BCUT2D eigenvalue weighted by Crippen LogP contribution is 2.23. The highest BCUT2D eigenvalue weighted by Gasteiger charge is 2.34. The molecule has 0 aliphatic carbocycles. The van der Waals surface area contributed by atoms with E-state index in [2.05, 4.69) is 5.32 Å². The Labute approximate surface area is 126 Å². The number of carboxylic acid groups (broad SMARTS) is 1. The van der Waals surface area contributed by atoms with Crippen LogP contribution < -0.4 is 5.32 Å². The second-order valence-corrected chi connectivity index (χ2v) is 5.59. The van der Waals surface area contributed by atoms with Crippen LogP contribution in [0.5, 0.6) is 0 Å². The van der Waals surface area contributed by atoms with Gasteiger partial charge in [0, 0.05) is 17.9 Å². The van der Waals surface area contributed by atoms with E-state index >= 15 is 0 Å². The summed E-state index contributed by atoms with van der Waals surface area (Å²) in [5.41, 5.74) is 0.545. The Bertz CT molecular complexity index is 535. The average Bonchev–Trinajstić information content (AvgIpc) is 2.96. The van der Waals surface area contributed by atoms with Gasteiger partial charge in [-0.2, -0.15) is 0 Å². The van der Waals surface area contributed by atoms with Crippen molar-refractivity contribution in [1.82, 2.24) is 10.2 Å². The Hall–Kier alpha value is -2.02. The monoisotopic (exact) mass is 308 g/mol. The molecule has 0 spiro atoms. The first kappa shape index (κ1) is 15.4. The average molecular weight is 308 g/mol. The second-order valence-electron chi connectivity index (χ2n) is 4.59. The summed E-state index contributed by atoms with van der Waals surface area (Å²) in [5, 5.41) is 11.1. The number of rotatable bonds is 5. The number of hydrogen-bond acceptors (Lipinski definition) is 4. The zero-order valence-corrected chi connectivity index (χ0v) is 12.1. The van der Waals surface area contributed by atoms with Crippen LogP contribution in [0.2, 0.25) is 0 Å². The van der Waals surface area contributed by atoms with Crippen molar-refractivity contribution in [2.75, 3.05) is 18.2 Å². The minimum absolute atomic E-state index is 0.0721. The molecule has 1 unspecified atom stereocenters. The van der Waals surface area contributed by atoms with Gasteiger partial charge >= 0.3 is 5.97 Å². The first-order valence-electron chi connectivity index (χ1n) is 6.53. The molecule has 1 heterocycles. The maximum absolute atomic E-state index is 12.4. The van der Waals surface area contributed by atoms with Crippen molar-refractivity contribution in [2.45, 2.75) is 12.5 Å². The molecule has 1 aromatic carbocycles. The second kappa shape index (κ2) is 7.12. The number of amides is 2. The van der Waals surface area contributed by atoms with Gasteiger partial charge in [-0.25, -0.2) is 0 Å². The first-order chi connectivity index (χ1) is 10.1. The fourth-order valence-corrected chi connectivity index (χ4v) is 3.17. The molecule has 0 aromatic heterocycles. The van der Waals surface area contributed by atoms with Gasteiger partial charge < -0.3 is 15.3 Å². The number of nitrogens with zero attached hydrogens (tertiary/aromatic N) is 1. The van der Waals surface area contributed by atoms with Gasteiger partial charge in [0.25, 0.3) is 5.91 Å². The number of carboxylic acids is 1. The highest BCUT2D eigenvalue weighted by atomic mass is 32.2. The number of nitrogens with one attached hydrogen (secondary N) is 1. The van der Waals surface area contributed by atoms with E-state index in [1.807, 2.05) is 6.07 Å². The zero-order chi connectivity index (χ0) is 15.2. The maximum Gasteiger partial charge on any atom is 0.305 e. The van der Waals surface area contributed by atoms with Gasteiger partial charge in [0.1, 0.15) is 6.04 Å². The first-order valence-corrected chi connectivity index (χ1v) is 7.68. The smallest absolute Gasteiger partial charge is 0.305 e. The van der Waals surface area contributed by atoms with Gasteiger partial charge in [0.05, 0.1) is 12.3 Å². The lowest BCUT2D eigenvalue weighted by Gasteiger charge is -2.23. The molecule has 1 aromatic rings. The largest absolute Gasteiger partial charge is 0.481 e.